The number of carbonyl (C=O) groups excluding carboxylic acids is 1. The van der Waals surface area contributed by atoms with E-state index >= 15 is 0 Å². The molecule has 1 aromatic carbocycles. The first-order valence-electron chi connectivity index (χ1n) is 7.82. The Balaban J connectivity index is 2.02. The second-order valence-corrected chi connectivity index (χ2v) is 6.81. The molecule has 2 rings (SSSR count). The molecule has 3 heteroatoms. The Morgan fingerprint density at radius 3 is 2.35 bits per heavy atom. The van der Waals surface area contributed by atoms with Crippen molar-refractivity contribution in [3.05, 3.63) is 71.6 Å². The highest BCUT2D eigenvalue weighted by Gasteiger charge is 2.09. The third kappa shape index (κ3) is 5.37. The van der Waals surface area contributed by atoms with Crippen LogP contribution >= 0.6 is 0 Å². The summed E-state index contributed by atoms with van der Waals surface area (Å²) in [6.45, 7) is 9.12. The topological polar surface area (TPSA) is 42.0 Å². The van der Waals surface area contributed by atoms with Gasteiger partial charge in [-0.3, -0.25) is 9.78 Å². The molecule has 0 radical (unpaired) electrons. The van der Waals surface area contributed by atoms with Gasteiger partial charge < -0.3 is 5.32 Å². The molecule has 0 saturated heterocycles. The van der Waals surface area contributed by atoms with Crippen LogP contribution in [-0.2, 0) is 6.54 Å². The molecule has 0 atom stereocenters. The molecular weight excluding hydrogens is 284 g/mol. The zero-order chi connectivity index (χ0) is 16.9. The predicted molar refractivity (Wildman–Crippen MR) is 95.0 cm³/mol. The molecule has 1 aromatic heterocycles. The van der Waals surface area contributed by atoms with E-state index in [4.69, 9.17) is 0 Å². The molecule has 0 aliphatic rings. The summed E-state index contributed by atoms with van der Waals surface area (Å²) in [5.41, 5.74) is 4.16. The third-order valence-electron chi connectivity index (χ3n) is 3.43. The van der Waals surface area contributed by atoms with Crippen LogP contribution in [0, 0.1) is 5.41 Å². The fourth-order valence-electron chi connectivity index (χ4n) is 2.40. The van der Waals surface area contributed by atoms with Gasteiger partial charge in [0.2, 0.25) is 0 Å². The molecule has 1 amide bonds. The average molecular weight is 308 g/mol. The highest BCUT2D eigenvalue weighted by atomic mass is 16.1. The lowest BCUT2D eigenvalue weighted by Gasteiger charge is -2.14. The standard InChI is InChI=1S/C20H24N2O/c1-15(12-20(2,3)4)17-7-9-18(10-8-17)19(23)22-14-16-6-5-11-21-13-16/h5-13H,14H2,1-4H3,(H,22,23)/b15-12+. The van der Waals surface area contributed by atoms with Crippen LogP contribution in [0.1, 0.15) is 49.2 Å². The van der Waals surface area contributed by atoms with Gasteiger partial charge in [0.05, 0.1) is 0 Å². The van der Waals surface area contributed by atoms with Crippen LogP contribution in [0.4, 0.5) is 0 Å². The minimum Gasteiger partial charge on any atom is -0.348 e. The molecule has 0 spiro atoms. The first-order chi connectivity index (χ1) is 10.8. The van der Waals surface area contributed by atoms with Crippen LogP contribution in [-0.4, -0.2) is 10.9 Å². The van der Waals surface area contributed by atoms with Gasteiger partial charge in [-0.2, -0.15) is 0 Å². The molecule has 0 fully saturated rings. The zero-order valence-corrected chi connectivity index (χ0v) is 14.3. The minimum atomic E-state index is -0.0714. The summed E-state index contributed by atoms with van der Waals surface area (Å²) in [6, 6.07) is 11.5. The molecule has 0 aliphatic carbocycles. The number of hydrogen-bond donors (Lipinski definition) is 1. The summed E-state index contributed by atoms with van der Waals surface area (Å²) in [4.78, 5) is 16.2. The highest BCUT2D eigenvalue weighted by molar-refractivity contribution is 5.94. The second-order valence-electron chi connectivity index (χ2n) is 6.81. The van der Waals surface area contributed by atoms with E-state index in [-0.39, 0.29) is 11.3 Å². The molecule has 2 aromatic rings. The summed E-state index contributed by atoms with van der Waals surface area (Å²) in [7, 11) is 0. The van der Waals surface area contributed by atoms with Crippen molar-refractivity contribution >= 4 is 11.5 Å². The average Bonchev–Trinajstić information content (AvgIpc) is 2.52. The van der Waals surface area contributed by atoms with Gasteiger partial charge in [0, 0.05) is 24.5 Å². The molecule has 0 unspecified atom stereocenters. The number of hydrogen-bond acceptors (Lipinski definition) is 2. The maximum Gasteiger partial charge on any atom is 0.251 e. The number of allylic oxidation sites excluding steroid dienone is 2. The SMILES string of the molecule is C/C(=C\C(C)(C)C)c1ccc(C(=O)NCc2cccnc2)cc1. The van der Waals surface area contributed by atoms with E-state index in [1.54, 1.807) is 12.4 Å². The minimum absolute atomic E-state index is 0.0714. The smallest absolute Gasteiger partial charge is 0.251 e. The lowest BCUT2D eigenvalue weighted by molar-refractivity contribution is 0.0951. The van der Waals surface area contributed by atoms with Crippen molar-refractivity contribution in [3.8, 4) is 0 Å². The fourth-order valence-corrected chi connectivity index (χ4v) is 2.40. The maximum absolute atomic E-state index is 12.2. The van der Waals surface area contributed by atoms with E-state index in [9.17, 15) is 4.79 Å². The van der Waals surface area contributed by atoms with Crippen LogP contribution in [0.25, 0.3) is 5.57 Å². The fraction of sp³-hybridized carbons (Fsp3) is 0.300. The van der Waals surface area contributed by atoms with E-state index in [0.29, 0.717) is 12.1 Å². The van der Waals surface area contributed by atoms with Crippen molar-refractivity contribution in [2.24, 2.45) is 5.41 Å². The lowest BCUT2D eigenvalue weighted by Crippen LogP contribution is -2.22. The molecule has 23 heavy (non-hydrogen) atoms. The first-order valence-corrected chi connectivity index (χ1v) is 7.82. The Hall–Kier alpha value is -2.42. The molecule has 1 heterocycles. The van der Waals surface area contributed by atoms with Crippen LogP contribution in [0.5, 0.6) is 0 Å². The maximum atomic E-state index is 12.2. The summed E-state index contributed by atoms with van der Waals surface area (Å²) >= 11 is 0. The van der Waals surface area contributed by atoms with Gasteiger partial charge in [-0.05, 0) is 47.2 Å². The Morgan fingerprint density at radius 2 is 1.78 bits per heavy atom. The van der Waals surface area contributed by atoms with E-state index in [0.717, 1.165) is 11.1 Å². The van der Waals surface area contributed by atoms with Gasteiger partial charge in [0.25, 0.3) is 5.91 Å². The number of nitrogens with one attached hydrogen (secondary N) is 1. The summed E-state index contributed by atoms with van der Waals surface area (Å²) in [5.74, 6) is -0.0714. The molecule has 0 aliphatic heterocycles. The Bertz CT molecular complexity index is 680. The van der Waals surface area contributed by atoms with Crippen LogP contribution in [0.3, 0.4) is 0 Å². The molecule has 120 valence electrons. The largest absolute Gasteiger partial charge is 0.348 e. The molecular formula is C20H24N2O. The molecule has 1 N–H and O–H groups in total. The Kier molecular flexibility index (Phi) is 5.32. The second kappa shape index (κ2) is 7.23. The summed E-state index contributed by atoms with van der Waals surface area (Å²) in [6.07, 6.45) is 5.71. The van der Waals surface area contributed by atoms with Crippen LogP contribution in [0.2, 0.25) is 0 Å². The number of aromatic nitrogens is 1. The van der Waals surface area contributed by atoms with E-state index in [2.05, 4.69) is 44.1 Å². The zero-order valence-electron chi connectivity index (χ0n) is 14.3. The summed E-state index contributed by atoms with van der Waals surface area (Å²) in [5, 5.41) is 2.91. The predicted octanol–water partition coefficient (Wildman–Crippen LogP) is 4.46. The van der Waals surface area contributed by atoms with Gasteiger partial charge in [-0.15, -0.1) is 0 Å². The van der Waals surface area contributed by atoms with Gasteiger partial charge in [0.1, 0.15) is 0 Å². The quantitative estimate of drug-likeness (QED) is 0.906. The van der Waals surface area contributed by atoms with Crippen molar-refractivity contribution < 1.29 is 4.79 Å². The third-order valence-corrected chi connectivity index (χ3v) is 3.43. The highest BCUT2D eigenvalue weighted by Crippen LogP contribution is 2.23. The van der Waals surface area contributed by atoms with Crippen LogP contribution < -0.4 is 5.32 Å². The van der Waals surface area contributed by atoms with Crippen molar-refractivity contribution in [1.29, 1.82) is 0 Å². The molecule has 0 saturated carbocycles. The Labute approximate surface area is 138 Å². The number of nitrogens with zero attached hydrogens (tertiary/aromatic N) is 1. The van der Waals surface area contributed by atoms with Crippen molar-refractivity contribution in [2.45, 2.75) is 34.2 Å². The number of rotatable bonds is 4. The van der Waals surface area contributed by atoms with E-state index in [1.807, 2.05) is 36.4 Å². The first kappa shape index (κ1) is 16.9. The van der Waals surface area contributed by atoms with Crippen LogP contribution in [0.15, 0.2) is 54.9 Å². The van der Waals surface area contributed by atoms with Gasteiger partial charge in [0.15, 0.2) is 0 Å². The lowest BCUT2D eigenvalue weighted by atomic mass is 9.91. The number of benzene rings is 1. The Morgan fingerprint density at radius 1 is 1.13 bits per heavy atom. The monoisotopic (exact) mass is 308 g/mol. The van der Waals surface area contributed by atoms with Crippen molar-refractivity contribution in [3.63, 3.8) is 0 Å². The van der Waals surface area contributed by atoms with Gasteiger partial charge >= 0.3 is 0 Å². The van der Waals surface area contributed by atoms with Gasteiger partial charge in [-0.25, -0.2) is 0 Å². The van der Waals surface area contributed by atoms with Gasteiger partial charge in [-0.1, -0.05) is 45.0 Å². The molecule has 0 bridgehead atoms. The number of amides is 1. The normalized spacial score (nSPS) is 12.1. The van der Waals surface area contributed by atoms with E-state index < -0.39 is 0 Å². The van der Waals surface area contributed by atoms with Crippen molar-refractivity contribution in [1.82, 2.24) is 10.3 Å². The number of pyridine rings is 1. The molecule has 3 nitrogen and oxygen atoms in total. The van der Waals surface area contributed by atoms with E-state index in [1.165, 1.54) is 5.57 Å². The summed E-state index contributed by atoms with van der Waals surface area (Å²) < 4.78 is 0. The van der Waals surface area contributed by atoms with Crippen molar-refractivity contribution in [2.75, 3.05) is 0 Å². The number of carbonyl (C=O) groups is 1.